The molecule has 1 saturated heterocycles. The van der Waals surface area contributed by atoms with Gasteiger partial charge in [-0.1, -0.05) is 0 Å². The Morgan fingerprint density at radius 3 is 3.09 bits per heavy atom. The molecule has 0 saturated carbocycles. The number of likely N-dealkylation sites (tertiary alicyclic amines) is 1. The third-order valence-electron chi connectivity index (χ3n) is 4.03. The number of β-amino-alcohol motifs (C(OH)–C–C–N with tert-alkyl or cyclic N) is 1. The van der Waals surface area contributed by atoms with Crippen LogP contribution < -0.4 is 5.32 Å². The Morgan fingerprint density at radius 2 is 2.45 bits per heavy atom. The molecular formula is C15H20N4O2S. The van der Waals surface area contributed by atoms with Crippen LogP contribution in [-0.2, 0) is 13.6 Å². The SMILES string of the molecule is Cn1cccc1C(=O)N[C@@H]1CCN(Cc2cscn2)C[C@H]1O. The highest BCUT2D eigenvalue weighted by molar-refractivity contribution is 7.07. The number of hydrogen-bond acceptors (Lipinski definition) is 5. The Labute approximate surface area is 133 Å². The normalized spacial score (nSPS) is 22.6. The van der Waals surface area contributed by atoms with E-state index in [0.717, 1.165) is 25.2 Å². The summed E-state index contributed by atoms with van der Waals surface area (Å²) in [6.45, 7) is 2.14. The fraction of sp³-hybridized carbons (Fsp3) is 0.467. The first-order valence-corrected chi connectivity index (χ1v) is 8.27. The molecule has 7 heteroatoms. The third kappa shape index (κ3) is 3.37. The minimum Gasteiger partial charge on any atom is -0.390 e. The Morgan fingerprint density at radius 1 is 1.59 bits per heavy atom. The lowest BCUT2D eigenvalue weighted by atomic mass is 10.0. The number of amides is 1. The third-order valence-corrected chi connectivity index (χ3v) is 4.66. The summed E-state index contributed by atoms with van der Waals surface area (Å²) in [5.74, 6) is -0.135. The number of aryl methyl sites for hydroxylation is 1. The number of carbonyl (C=O) groups is 1. The molecule has 0 spiro atoms. The minimum absolute atomic E-state index is 0.135. The first-order chi connectivity index (χ1) is 10.6. The predicted molar refractivity (Wildman–Crippen MR) is 84.7 cm³/mol. The predicted octanol–water partition coefficient (Wildman–Crippen LogP) is 0.847. The largest absolute Gasteiger partial charge is 0.390 e. The molecule has 6 nitrogen and oxygen atoms in total. The van der Waals surface area contributed by atoms with Gasteiger partial charge in [-0.05, 0) is 18.6 Å². The van der Waals surface area contributed by atoms with Crippen molar-refractivity contribution in [3.8, 4) is 0 Å². The molecule has 2 aromatic heterocycles. The molecule has 0 aromatic carbocycles. The van der Waals surface area contributed by atoms with Crippen molar-refractivity contribution in [2.75, 3.05) is 13.1 Å². The van der Waals surface area contributed by atoms with Crippen LogP contribution in [0.4, 0.5) is 0 Å². The highest BCUT2D eigenvalue weighted by atomic mass is 32.1. The zero-order chi connectivity index (χ0) is 15.5. The lowest BCUT2D eigenvalue weighted by molar-refractivity contribution is 0.0344. The van der Waals surface area contributed by atoms with Crippen molar-refractivity contribution in [3.63, 3.8) is 0 Å². The monoisotopic (exact) mass is 320 g/mol. The van der Waals surface area contributed by atoms with Crippen LogP contribution in [-0.4, -0.2) is 50.7 Å². The van der Waals surface area contributed by atoms with Gasteiger partial charge in [0.15, 0.2) is 0 Å². The summed E-state index contributed by atoms with van der Waals surface area (Å²) in [6.07, 6.45) is 2.01. The Hall–Kier alpha value is -1.70. The van der Waals surface area contributed by atoms with Crippen molar-refractivity contribution >= 4 is 17.2 Å². The summed E-state index contributed by atoms with van der Waals surface area (Å²) in [6, 6.07) is 3.41. The van der Waals surface area contributed by atoms with E-state index in [-0.39, 0.29) is 11.9 Å². The number of carbonyl (C=O) groups excluding carboxylic acids is 1. The molecular weight excluding hydrogens is 300 g/mol. The summed E-state index contributed by atoms with van der Waals surface area (Å²) in [5.41, 5.74) is 3.46. The molecule has 0 aliphatic carbocycles. The van der Waals surface area contributed by atoms with Gasteiger partial charge in [-0.2, -0.15) is 0 Å². The van der Waals surface area contributed by atoms with Crippen LogP contribution in [0, 0.1) is 0 Å². The van der Waals surface area contributed by atoms with Gasteiger partial charge in [0, 0.05) is 38.3 Å². The Kier molecular flexibility index (Phi) is 4.56. The maximum Gasteiger partial charge on any atom is 0.268 e. The van der Waals surface area contributed by atoms with Gasteiger partial charge in [0.05, 0.1) is 23.4 Å². The summed E-state index contributed by atoms with van der Waals surface area (Å²) >= 11 is 1.58. The fourth-order valence-electron chi connectivity index (χ4n) is 2.79. The fourth-order valence-corrected chi connectivity index (χ4v) is 3.34. The molecule has 1 amide bonds. The van der Waals surface area contributed by atoms with Crippen molar-refractivity contribution in [2.24, 2.45) is 7.05 Å². The van der Waals surface area contributed by atoms with Crippen LogP contribution in [0.5, 0.6) is 0 Å². The number of aliphatic hydroxyl groups excluding tert-OH is 1. The molecule has 1 aliphatic rings. The topological polar surface area (TPSA) is 70.4 Å². The second-order valence-electron chi connectivity index (χ2n) is 5.66. The molecule has 2 atom stereocenters. The Bertz CT molecular complexity index is 625. The van der Waals surface area contributed by atoms with E-state index in [1.54, 1.807) is 22.0 Å². The van der Waals surface area contributed by atoms with Gasteiger partial charge in [0.1, 0.15) is 5.69 Å². The summed E-state index contributed by atoms with van der Waals surface area (Å²) in [7, 11) is 1.84. The average Bonchev–Trinajstić information content (AvgIpc) is 3.13. The van der Waals surface area contributed by atoms with E-state index < -0.39 is 6.10 Å². The van der Waals surface area contributed by atoms with E-state index in [9.17, 15) is 9.90 Å². The van der Waals surface area contributed by atoms with Gasteiger partial charge in [0.25, 0.3) is 5.91 Å². The van der Waals surface area contributed by atoms with Gasteiger partial charge in [-0.15, -0.1) is 11.3 Å². The summed E-state index contributed by atoms with van der Waals surface area (Å²) < 4.78 is 1.78. The van der Waals surface area contributed by atoms with E-state index >= 15 is 0 Å². The lowest BCUT2D eigenvalue weighted by Gasteiger charge is -2.35. The van der Waals surface area contributed by atoms with Crippen LogP contribution >= 0.6 is 11.3 Å². The highest BCUT2D eigenvalue weighted by Crippen LogP contribution is 2.15. The van der Waals surface area contributed by atoms with Crippen molar-refractivity contribution in [1.82, 2.24) is 19.8 Å². The number of nitrogens with one attached hydrogen (secondary N) is 1. The number of aromatic nitrogens is 2. The van der Waals surface area contributed by atoms with E-state index in [0.29, 0.717) is 12.2 Å². The minimum atomic E-state index is -0.559. The molecule has 1 fully saturated rings. The molecule has 0 bridgehead atoms. The summed E-state index contributed by atoms with van der Waals surface area (Å²) in [4.78, 5) is 18.7. The number of thiazole rings is 1. The molecule has 0 unspecified atom stereocenters. The van der Waals surface area contributed by atoms with E-state index in [1.807, 2.05) is 30.2 Å². The maximum atomic E-state index is 12.2. The zero-order valence-corrected chi connectivity index (χ0v) is 13.3. The Balaban J connectivity index is 1.54. The van der Waals surface area contributed by atoms with Crippen LogP contribution in [0.1, 0.15) is 22.6 Å². The number of nitrogens with zero attached hydrogens (tertiary/aromatic N) is 3. The van der Waals surface area contributed by atoms with E-state index in [2.05, 4.69) is 15.2 Å². The molecule has 2 N–H and O–H groups in total. The van der Waals surface area contributed by atoms with Crippen LogP contribution in [0.3, 0.4) is 0 Å². The average molecular weight is 320 g/mol. The number of rotatable bonds is 4. The first kappa shape index (κ1) is 15.2. The second kappa shape index (κ2) is 6.60. The number of hydrogen-bond donors (Lipinski definition) is 2. The van der Waals surface area contributed by atoms with Gasteiger partial charge >= 0.3 is 0 Å². The molecule has 3 heterocycles. The van der Waals surface area contributed by atoms with Crippen LogP contribution in [0.25, 0.3) is 0 Å². The second-order valence-corrected chi connectivity index (χ2v) is 6.37. The molecule has 118 valence electrons. The first-order valence-electron chi connectivity index (χ1n) is 7.33. The summed E-state index contributed by atoms with van der Waals surface area (Å²) in [5, 5.41) is 15.3. The molecule has 3 rings (SSSR count). The molecule has 22 heavy (non-hydrogen) atoms. The van der Waals surface area contributed by atoms with Gasteiger partial charge in [-0.25, -0.2) is 4.98 Å². The van der Waals surface area contributed by atoms with Crippen molar-refractivity contribution < 1.29 is 9.90 Å². The van der Waals surface area contributed by atoms with Crippen molar-refractivity contribution in [3.05, 3.63) is 40.6 Å². The van der Waals surface area contributed by atoms with Crippen molar-refractivity contribution in [2.45, 2.75) is 25.1 Å². The van der Waals surface area contributed by atoms with Gasteiger partial charge in [0.2, 0.25) is 0 Å². The standard InChI is InChI=1S/C15H20N4O2S/c1-18-5-2-3-13(18)15(21)17-12-4-6-19(8-14(12)20)7-11-9-22-10-16-11/h2-3,5,9-10,12,14,20H,4,6-8H2,1H3,(H,17,21)/t12-,14-/m1/s1. The number of aliphatic hydroxyl groups is 1. The van der Waals surface area contributed by atoms with Crippen LogP contribution in [0.15, 0.2) is 29.2 Å². The van der Waals surface area contributed by atoms with Crippen molar-refractivity contribution in [1.29, 1.82) is 0 Å². The van der Waals surface area contributed by atoms with E-state index in [1.165, 1.54) is 0 Å². The quantitative estimate of drug-likeness (QED) is 0.876. The lowest BCUT2D eigenvalue weighted by Crippen LogP contribution is -2.53. The smallest absolute Gasteiger partial charge is 0.268 e. The van der Waals surface area contributed by atoms with Gasteiger partial charge < -0.3 is 15.0 Å². The van der Waals surface area contributed by atoms with Crippen LogP contribution in [0.2, 0.25) is 0 Å². The molecule has 2 aromatic rings. The maximum absolute atomic E-state index is 12.2. The number of piperidine rings is 1. The van der Waals surface area contributed by atoms with E-state index in [4.69, 9.17) is 0 Å². The molecule has 0 radical (unpaired) electrons. The highest BCUT2D eigenvalue weighted by Gasteiger charge is 2.29. The van der Waals surface area contributed by atoms with Gasteiger partial charge in [-0.3, -0.25) is 9.69 Å². The zero-order valence-electron chi connectivity index (χ0n) is 12.5. The molecule has 1 aliphatic heterocycles.